The summed E-state index contributed by atoms with van der Waals surface area (Å²) in [5.74, 6) is 2.48. The molecule has 0 aliphatic rings. The summed E-state index contributed by atoms with van der Waals surface area (Å²) in [5.41, 5.74) is 0. The van der Waals surface area contributed by atoms with E-state index >= 15 is 0 Å². The molecule has 0 spiro atoms. The molecule has 0 aromatic carbocycles. The van der Waals surface area contributed by atoms with Crippen LogP contribution in [-0.2, 0) is 0 Å². The predicted molar refractivity (Wildman–Crippen MR) is 72.1 cm³/mol. The maximum Gasteiger partial charge on any atom is 0.0961 e. The molecule has 1 unspecified atom stereocenters. The molecule has 1 aromatic heterocycles. The van der Waals surface area contributed by atoms with Crippen molar-refractivity contribution in [3.8, 4) is 0 Å². The summed E-state index contributed by atoms with van der Waals surface area (Å²) in [7, 11) is 0. The van der Waals surface area contributed by atoms with Gasteiger partial charge in [0.15, 0.2) is 0 Å². The van der Waals surface area contributed by atoms with Gasteiger partial charge in [0.2, 0.25) is 0 Å². The third kappa shape index (κ3) is 4.75. The zero-order valence-electron chi connectivity index (χ0n) is 8.91. The van der Waals surface area contributed by atoms with Gasteiger partial charge in [-0.15, -0.1) is 11.8 Å². The van der Waals surface area contributed by atoms with Gasteiger partial charge in [0.1, 0.15) is 0 Å². The number of rotatable bonds is 5. The van der Waals surface area contributed by atoms with Crippen molar-refractivity contribution in [1.29, 1.82) is 0 Å². The van der Waals surface area contributed by atoms with Crippen LogP contribution < -0.4 is 0 Å². The highest BCUT2D eigenvalue weighted by Gasteiger charge is 2.12. The second kappa shape index (κ2) is 6.77. The summed E-state index contributed by atoms with van der Waals surface area (Å²) in [6.07, 6.45) is 1.70. The molecule has 0 N–H and O–H groups in total. The number of thioether (sulfide) groups is 1. The average molecular weight is 309 g/mol. The van der Waals surface area contributed by atoms with Crippen molar-refractivity contribution >= 4 is 39.3 Å². The summed E-state index contributed by atoms with van der Waals surface area (Å²) in [5, 5.41) is 2.79. The van der Waals surface area contributed by atoms with Crippen molar-refractivity contribution in [3.63, 3.8) is 0 Å². The maximum absolute atomic E-state index is 5.77. The molecular formula is C11H15BrClNS. The second-order valence-electron chi connectivity index (χ2n) is 3.78. The van der Waals surface area contributed by atoms with Crippen molar-refractivity contribution in [3.05, 3.63) is 23.4 Å². The fraction of sp³-hybridized carbons (Fsp3) is 0.545. The van der Waals surface area contributed by atoms with E-state index in [4.69, 9.17) is 11.6 Å². The molecule has 0 amide bonds. The number of alkyl halides is 1. The first-order chi connectivity index (χ1) is 7.13. The minimum atomic E-state index is 0.687. The molecule has 0 radical (unpaired) electrons. The van der Waals surface area contributed by atoms with Crippen LogP contribution in [0.5, 0.6) is 0 Å². The molecule has 4 heteroatoms. The molecule has 0 saturated carbocycles. The summed E-state index contributed by atoms with van der Waals surface area (Å²) in [4.78, 5) is 4.26. The third-order valence-corrected chi connectivity index (χ3v) is 4.47. The minimum absolute atomic E-state index is 0.687. The molecule has 0 fully saturated rings. The topological polar surface area (TPSA) is 12.9 Å². The van der Waals surface area contributed by atoms with Crippen LogP contribution >= 0.6 is 39.3 Å². The Morgan fingerprint density at radius 1 is 1.47 bits per heavy atom. The van der Waals surface area contributed by atoms with Gasteiger partial charge >= 0.3 is 0 Å². The fourth-order valence-electron chi connectivity index (χ4n) is 1.06. The van der Waals surface area contributed by atoms with Gasteiger partial charge in [0.25, 0.3) is 0 Å². The third-order valence-electron chi connectivity index (χ3n) is 2.29. The van der Waals surface area contributed by atoms with E-state index in [0.717, 1.165) is 16.1 Å². The zero-order valence-corrected chi connectivity index (χ0v) is 12.1. The van der Waals surface area contributed by atoms with E-state index < -0.39 is 0 Å². The molecule has 84 valence electrons. The normalized spacial score (nSPS) is 13.1. The number of halogens is 2. The van der Waals surface area contributed by atoms with Crippen LogP contribution in [-0.4, -0.2) is 16.1 Å². The van der Waals surface area contributed by atoms with Gasteiger partial charge in [-0.3, -0.25) is 0 Å². The number of aromatic nitrogens is 1. The maximum atomic E-state index is 5.77. The van der Waals surface area contributed by atoms with E-state index in [1.165, 1.54) is 0 Å². The van der Waals surface area contributed by atoms with Gasteiger partial charge in [0, 0.05) is 17.3 Å². The van der Waals surface area contributed by atoms with E-state index in [1.807, 2.05) is 12.1 Å². The van der Waals surface area contributed by atoms with Gasteiger partial charge in [0.05, 0.1) is 10.0 Å². The molecule has 1 heterocycles. The summed E-state index contributed by atoms with van der Waals surface area (Å²) in [6.45, 7) is 4.50. The quantitative estimate of drug-likeness (QED) is 0.587. The molecular weight excluding hydrogens is 294 g/mol. The Hall–Kier alpha value is 0.270. The van der Waals surface area contributed by atoms with Gasteiger partial charge in [-0.1, -0.05) is 41.4 Å². The molecule has 1 atom stereocenters. The monoisotopic (exact) mass is 307 g/mol. The van der Waals surface area contributed by atoms with Crippen LogP contribution in [0, 0.1) is 11.8 Å². The van der Waals surface area contributed by atoms with Gasteiger partial charge in [-0.05, 0) is 24.0 Å². The highest BCUT2D eigenvalue weighted by molar-refractivity contribution is 9.09. The average Bonchev–Trinajstić information content (AvgIpc) is 2.21. The van der Waals surface area contributed by atoms with Gasteiger partial charge in [-0.25, -0.2) is 4.98 Å². The lowest BCUT2D eigenvalue weighted by molar-refractivity contribution is 0.474. The van der Waals surface area contributed by atoms with E-state index in [9.17, 15) is 0 Å². The lowest BCUT2D eigenvalue weighted by atomic mass is 10.0. The first-order valence-electron chi connectivity index (χ1n) is 4.93. The van der Waals surface area contributed by atoms with Gasteiger partial charge < -0.3 is 0 Å². The molecule has 0 saturated heterocycles. The Bertz CT molecular complexity index is 289. The number of nitrogens with zero attached hydrogens (tertiary/aromatic N) is 1. The first-order valence-corrected chi connectivity index (χ1v) is 7.42. The Morgan fingerprint density at radius 3 is 2.67 bits per heavy atom. The molecule has 15 heavy (non-hydrogen) atoms. The van der Waals surface area contributed by atoms with Crippen molar-refractivity contribution in [2.24, 2.45) is 11.8 Å². The van der Waals surface area contributed by atoms with E-state index in [-0.39, 0.29) is 0 Å². The smallest absolute Gasteiger partial charge is 0.0961 e. The zero-order chi connectivity index (χ0) is 11.3. The molecule has 0 aliphatic heterocycles. The SMILES string of the molecule is CC(C)C(CBr)CSc1ccc(Cl)cn1. The highest BCUT2D eigenvalue weighted by atomic mass is 79.9. The van der Waals surface area contributed by atoms with Crippen molar-refractivity contribution in [2.45, 2.75) is 18.9 Å². The summed E-state index contributed by atoms with van der Waals surface area (Å²) in [6, 6.07) is 3.86. The van der Waals surface area contributed by atoms with Gasteiger partial charge in [-0.2, -0.15) is 0 Å². The van der Waals surface area contributed by atoms with E-state index in [2.05, 4.69) is 34.8 Å². The minimum Gasteiger partial charge on any atom is -0.248 e. The largest absolute Gasteiger partial charge is 0.248 e. The van der Waals surface area contributed by atoms with E-state index in [1.54, 1.807) is 18.0 Å². The lowest BCUT2D eigenvalue weighted by Gasteiger charge is -2.16. The van der Waals surface area contributed by atoms with Crippen LogP contribution in [0.1, 0.15) is 13.8 Å². The first kappa shape index (κ1) is 13.3. The van der Waals surface area contributed by atoms with Crippen molar-refractivity contribution in [2.75, 3.05) is 11.1 Å². The van der Waals surface area contributed by atoms with E-state index in [0.29, 0.717) is 16.9 Å². The predicted octanol–water partition coefficient (Wildman–Crippen LogP) is 4.49. The van der Waals surface area contributed by atoms with Crippen molar-refractivity contribution < 1.29 is 0 Å². The highest BCUT2D eigenvalue weighted by Crippen LogP contribution is 2.24. The Morgan fingerprint density at radius 2 is 2.20 bits per heavy atom. The number of hydrogen-bond donors (Lipinski definition) is 0. The summed E-state index contributed by atoms with van der Waals surface area (Å²) < 4.78 is 0. The molecule has 1 rings (SSSR count). The van der Waals surface area contributed by atoms with Crippen molar-refractivity contribution in [1.82, 2.24) is 4.98 Å². The molecule has 1 aromatic rings. The second-order valence-corrected chi connectivity index (χ2v) is 5.91. The number of pyridine rings is 1. The van der Waals surface area contributed by atoms with Crippen LogP contribution in [0.4, 0.5) is 0 Å². The Kier molecular flexibility index (Phi) is 6.02. The van der Waals surface area contributed by atoms with Crippen LogP contribution in [0.25, 0.3) is 0 Å². The standard InChI is InChI=1S/C11H15BrClNS/c1-8(2)9(5-12)7-15-11-4-3-10(13)6-14-11/h3-4,6,8-9H,5,7H2,1-2H3. The van der Waals surface area contributed by atoms with Crippen LogP contribution in [0.3, 0.4) is 0 Å². The lowest BCUT2D eigenvalue weighted by Crippen LogP contribution is -2.12. The molecule has 0 aliphatic carbocycles. The molecule has 0 bridgehead atoms. The summed E-state index contributed by atoms with van der Waals surface area (Å²) >= 11 is 11.1. The van der Waals surface area contributed by atoms with Crippen LogP contribution in [0.15, 0.2) is 23.4 Å². The Balaban J connectivity index is 2.45. The molecule has 1 nitrogen and oxygen atoms in total. The fourth-order valence-corrected chi connectivity index (χ4v) is 3.63. The number of hydrogen-bond acceptors (Lipinski definition) is 2. The Labute approximate surface area is 109 Å². The van der Waals surface area contributed by atoms with Crippen LogP contribution in [0.2, 0.25) is 5.02 Å².